The van der Waals surface area contributed by atoms with Gasteiger partial charge in [0.05, 0.1) is 0 Å². The largest absolute Gasteiger partial charge is 0.312 e. The van der Waals surface area contributed by atoms with E-state index in [-0.39, 0.29) is 0 Å². The van der Waals surface area contributed by atoms with Gasteiger partial charge >= 0.3 is 0 Å². The van der Waals surface area contributed by atoms with E-state index in [0.29, 0.717) is 12.1 Å². The Morgan fingerprint density at radius 3 is 2.73 bits per heavy atom. The van der Waals surface area contributed by atoms with Gasteiger partial charge in [-0.3, -0.25) is 0 Å². The number of hydrogen-bond donors (Lipinski definition) is 1. The van der Waals surface area contributed by atoms with Crippen LogP contribution in [0.15, 0.2) is 18.2 Å². The highest BCUT2D eigenvalue weighted by Gasteiger charge is 2.31. The van der Waals surface area contributed by atoms with Gasteiger partial charge in [-0.25, -0.2) is 8.78 Å². The summed E-state index contributed by atoms with van der Waals surface area (Å²) >= 11 is 0. The highest BCUT2D eigenvalue weighted by Crippen LogP contribution is 2.36. The molecule has 2 rings (SSSR count). The third-order valence-corrected chi connectivity index (χ3v) is 3.01. The summed E-state index contributed by atoms with van der Waals surface area (Å²) < 4.78 is 25.8. The highest BCUT2D eigenvalue weighted by atomic mass is 19.1. The lowest BCUT2D eigenvalue weighted by Gasteiger charge is -2.05. The molecule has 1 aliphatic rings. The summed E-state index contributed by atoms with van der Waals surface area (Å²) in [4.78, 5) is 0. The standard InChI is InChI=1S/C12H15F2N/c1-8-4-10(8)7-15-6-9-2-3-11(13)5-12(9)14/h2-3,5,8,10,15H,4,6-7H2,1H3. The van der Waals surface area contributed by atoms with Gasteiger partial charge in [0.1, 0.15) is 11.6 Å². The Kier molecular flexibility index (Phi) is 3.00. The molecule has 0 bridgehead atoms. The fourth-order valence-electron chi connectivity index (χ4n) is 1.74. The zero-order valence-corrected chi connectivity index (χ0v) is 8.76. The minimum absolute atomic E-state index is 0.466. The molecule has 82 valence electrons. The third-order valence-electron chi connectivity index (χ3n) is 3.01. The molecule has 0 aliphatic heterocycles. The number of benzene rings is 1. The van der Waals surface area contributed by atoms with E-state index in [4.69, 9.17) is 0 Å². The maximum absolute atomic E-state index is 13.2. The monoisotopic (exact) mass is 211 g/mol. The number of nitrogens with one attached hydrogen (secondary N) is 1. The quantitative estimate of drug-likeness (QED) is 0.807. The second-order valence-electron chi connectivity index (χ2n) is 4.34. The van der Waals surface area contributed by atoms with E-state index in [1.165, 1.54) is 18.6 Å². The molecular formula is C12H15F2N. The molecule has 0 aromatic heterocycles. The molecule has 15 heavy (non-hydrogen) atoms. The van der Waals surface area contributed by atoms with Gasteiger partial charge in [-0.2, -0.15) is 0 Å². The summed E-state index contributed by atoms with van der Waals surface area (Å²) in [5.74, 6) is 0.558. The molecule has 3 heteroatoms. The second-order valence-corrected chi connectivity index (χ2v) is 4.34. The smallest absolute Gasteiger partial charge is 0.130 e. The van der Waals surface area contributed by atoms with Gasteiger partial charge in [-0.15, -0.1) is 0 Å². The van der Waals surface area contributed by atoms with Crippen LogP contribution >= 0.6 is 0 Å². The van der Waals surface area contributed by atoms with Crippen molar-refractivity contribution < 1.29 is 8.78 Å². The molecule has 0 saturated heterocycles. The van der Waals surface area contributed by atoms with E-state index in [0.717, 1.165) is 24.4 Å². The average Bonchev–Trinajstić information content (AvgIpc) is 2.86. The van der Waals surface area contributed by atoms with Crippen molar-refractivity contribution in [3.05, 3.63) is 35.4 Å². The van der Waals surface area contributed by atoms with Gasteiger partial charge in [0.25, 0.3) is 0 Å². The zero-order valence-electron chi connectivity index (χ0n) is 8.76. The van der Waals surface area contributed by atoms with Gasteiger partial charge in [0.15, 0.2) is 0 Å². The zero-order chi connectivity index (χ0) is 10.8. The Morgan fingerprint density at radius 1 is 1.40 bits per heavy atom. The first-order chi connectivity index (χ1) is 7.16. The van der Waals surface area contributed by atoms with Crippen LogP contribution in [-0.2, 0) is 6.54 Å². The molecule has 1 aliphatic carbocycles. The van der Waals surface area contributed by atoms with Crippen LogP contribution in [0, 0.1) is 23.5 Å². The second kappa shape index (κ2) is 4.27. The number of halogens is 2. The number of hydrogen-bond acceptors (Lipinski definition) is 1. The van der Waals surface area contributed by atoms with Gasteiger partial charge < -0.3 is 5.32 Å². The molecule has 1 nitrogen and oxygen atoms in total. The van der Waals surface area contributed by atoms with Crippen molar-refractivity contribution in [2.75, 3.05) is 6.54 Å². The van der Waals surface area contributed by atoms with E-state index in [2.05, 4.69) is 12.2 Å². The van der Waals surface area contributed by atoms with Crippen LogP contribution in [0.1, 0.15) is 18.9 Å². The lowest BCUT2D eigenvalue weighted by molar-refractivity contribution is 0.551. The van der Waals surface area contributed by atoms with Gasteiger partial charge in [-0.1, -0.05) is 13.0 Å². The SMILES string of the molecule is CC1CC1CNCc1ccc(F)cc1F. The van der Waals surface area contributed by atoms with Gasteiger partial charge in [0.2, 0.25) is 0 Å². The molecule has 1 aromatic rings. The van der Waals surface area contributed by atoms with Crippen LogP contribution in [-0.4, -0.2) is 6.54 Å². The summed E-state index contributed by atoms with van der Waals surface area (Å²) in [5.41, 5.74) is 0.532. The van der Waals surface area contributed by atoms with Crippen LogP contribution in [0.4, 0.5) is 8.78 Å². The molecule has 2 unspecified atom stereocenters. The Balaban J connectivity index is 1.82. The van der Waals surface area contributed by atoms with Gasteiger partial charge in [0, 0.05) is 18.2 Å². The molecule has 1 N–H and O–H groups in total. The molecule has 1 aromatic carbocycles. The molecule has 1 saturated carbocycles. The normalized spacial score (nSPS) is 24.2. The maximum atomic E-state index is 13.2. The topological polar surface area (TPSA) is 12.0 Å². The van der Waals surface area contributed by atoms with E-state index < -0.39 is 11.6 Å². The Labute approximate surface area is 88.5 Å². The minimum Gasteiger partial charge on any atom is -0.312 e. The third kappa shape index (κ3) is 2.75. The van der Waals surface area contributed by atoms with E-state index in [1.54, 1.807) is 0 Å². The van der Waals surface area contributed by atoms with Crippen LogP contribution in [0.25, 0.3) is 0 Å². The summed E-state index contributed by atoms with van der Waals surface area (Å²) in [6, 6.07) is 3.71. The lowest BCUT2D eigenvalue weighted by atomic mass is 10.2. The molecule has 0 radical (unpaired) electrons. The van der Waals surface area contributed by atoms with Crippen LogP contribution in [0.2, 0.25) is 0 Å². The fourth-order valence-corrected chi connectivity index (χ4v) is 1.74. The average molecular weight is 211 g/mol. The molecule has 0 spiro atoms. The van der Waals surface area contributed by atoms with Crippen molar-refractivity contribution >= 4 is 0 Å². The Morgan fingerprint density at radius 2 is 2.13 bits per heavy atom. The Bertz CT molecular complexity index is 351. The summed E-state index contributed by atoms with van der Waals surface area (Å²) in [6.45, 7) is 3.62. The first kappa shape index (κ1) is 10.6. The van der Waals surface area contributed by atoms with Crippen LogP contribution in [0.3, 0.4) is 0 Å². The number of rotatable bonds is 4. The lowest BCUT2D eigenvalue weighted by Crippen LogP contribution is -2.17. The first-order valence-corrected chi connectivity index (χ1v) is 5.31. The molecule has 0 heterocycles. The predicted octanol–water partition coefficient (Wildman–Crippen LogP) is 2.71. The molecule has 1 fully saturated rings. The highest BCUT2D eigenvalue weighted by molar-refractivity contribution is 5.18. The van der Waals surface area contributed by atoms with Crippen LogP contribution < -0.4 is 5.32 Å². The molecular weight excluding hydrogens is 196 g/mol. The van der Waals surface area contributed by atoms with Crippen molar-refractivity contribution in [1.29, 1.82) is 0 Å². The fraction of sp³-hybridized carbons (Fsp3) is 0.500. The molecule has 2 atom stereocenters. The van der Waals surface area contributed by atoms with Crippen LogP contribution in [0.5, 0.6) is 0 Å². The minimum atomic E-state index is -0.521. The van der Waals surface area contributed by atoms with Crippen molar-refractivity contribution in [3.8, 4) is 0 Å². The van der Waals surface area contributed by atoms with Crippen molar-refractivity contribution in [2.24, 2.45) is 11.8 Å². The van der Waals surface area contributed by atoms with Crippen molar-refractivity contribution in [3.63, 3.8) is 0 Å². The van der Waals surface area contributed by atoms with Crippen molar-refractivity contribution in [1.82, 2.24) is 5.32 Å². The molecule has 0 amide bonds. The summed E-state index contributed by atoms with van der Waals surface area (Å²) in [5, 5.41) is 3.19. The van der Waals surface area contributed by atoms with E-state index in [9.17, 15) is 8.78 Å². The summed E-state index contributed by atoms with van der Waals surface area (Å²) in [7, 11) is 0. The summed E-state index contributed by atoms with van der Waals surface area (Å²) in [6.07, 6.45) is 1.26. The first-order valence-electron chi connectivity index (χ1n) is 5.31. The van der Waals surface area contributed by atoms with Gasteiger partial charge in [-0.05, 0) is 30.9 Å². The van der Waals surface area contributed by atoms with E-state index >= 15 is 0 Å². The van der Waals surface area contributed by atoms with Crippen molar-refractivity contribution in [2.45, 2.75) is 19.9 Å². The maximum Gasteiger partial charge on any atom is 0.130 e. The predicted molar refractivity (Wildman–Crippen MR) is 55.3 cm³/mol. The Hall–Kier alpha value is -0.960. The van der Waals surface area contributed by atoms with E-state index in [1.807, 2.05) is 0 Å².